The highest BCUT2D eigenvalue weighted by Crippen LogP contribution is 2.28. The summed E-state index contributed by atoms with van der Waals surface area (Å²) in [6.07, 6.45) is 4.24. The zero-order valence-electron chi connectivity index (χ0n) is 9.80. The molecule has 2 aromatic rings. The zero-order chi connectivity index (χ0) is 13.0. The highest BCUT2D eigenvalue weighted by atomic mass is 19.1. The Morgan fingerprint density at radius 3 is 2.83 bits per heavy atom. The first-order valence-corrected chi connectivity index (χ1v) is 5.32. The molecule has 3 N–H and O–H groups in total. The van der Waals surface area contributed by atoms with Gasteiger partial charge in [-0.1, -0.05) is 6.07 Å². The van der Waals surface area contributed by atoms with Crippen LogP contribution >= 0.6 is 0 Å². The van der Waals surface area contributed by atoms with Crippen molar-refractivity contribution < 1.29 is 9.13 Å². The largest absolute Gasteiger partial charge is 0.481 e. The van der Waals surface area contributed by atoms with Crippen LogP contribution in [0.2, 0.25) is 0 Å². The third-order valence-corrected chi connectivity index (χ3v) is 2.59. The van der Waals surface area contributed by atoms with E-state index < -0.39 is 11.9 Å². The van der Waals surface area contributed by atoms with Gasteiger partial charge in [0.05, 0.1) is 19.3 Å². The number of nitrogens with one attached hydrogen (secondary N) is 1. The smallest absolute Gasteiger partial charge is 0.218 e. The molecule has 2 rings (SSSR count). The van der Waals surface area contributed by atoms with Crippen molar-refractivity contribution in [1.82, 2.24) is 15.4 Å². The van der Waals surface area contributed by atoms with Gasteiger partial charge in [-0.2, -0.15) is 0 Å². The molecule has 0 spiro atoms. The number of rotatable bonds is 4. The number of aromatic nitrogens is 2. The molecule has 0 aliphatic rings. The van der Waals surface area contributed by atoms with Gasteiger partial charge in [0.2, 0.25) is 5.88 Å². The van der Waals surface area contributed by atoms with Gasteiger partial charge in [0.25, 0.3) is 0 Å². The average Bonchev–Trinajstić information content (AvgIpc) is 2.42. The van der Waals surface area contributed by atoms with Gasteiger partial charge in [0, 0.05) is 23.5 Å². The highest BCUT2D eigenvalue weighted by molar-refractivity contribution is 5.36. The molecule has 1 unspecified atom stereocenters. The third kappa shape index (κ3) is 2.29. The number of nitrogens with zero attached hydrogens (tertiary/aromatic N) is 2. The Bertz CT molecular complexity index is 535. The van der Waals surface area contributed by atoms with Crippen LogP contribution in [-0.2, 0) is 0 Å². The molecule has 18 heavy (non-hydrogen) atoms. The number of hydrogen-bond donors (Lipinski definition) is 2. The number of ether oxygens (including phenoxy) is 1. The van der Waals surface area contributed by atoms with Gasteiger partial charge in [0.1, 0.15) is 5.82 Å². The predicted octanol–water partition coefficient (Wildman–Crippen LogP) is 1.18. The Morgan fingerprint density at radius 2 is 2.17 bits per heavy atom. The molecule has 1 atom stereocenters. The van der Waals surface area contributed by atoms with E-state index in [1.807, 2.05) is 0 Å². The Balaban J connectivity index is 2.49. The van der Waals surface area contributed by atoms with Crippen LogP contribution in [0.5, 0.6) is 5.88 Å². The van der Waals surface area contributed by atoms with Crippen molar-refractivity contribution in [1.29, 1.82) is 0 Å². The van der Waals surface area contributed by atoms with Crippen molar-refractivity contribution in [2.75, 3.05) is 7.11 Å². The van der Waals surface area contributed by atoms with Crippen LogP contribution in [0.15, 0.2) is 36.8 Å². The average molecular weight is 248 g/mol. The van der Waals surface area contributed by atoms with Crippen LogP contribution in [0.1, 0.15) is 17.2 Å². The molecule has 0 saturated carbocycles. The number of pyridine rings is 2. The molecular weight excluding hydrogens is 235 g/mol. The first-order chi connectivity index (χ1) is 8.77. The van der Waals surface area contributed by atoms with Crippen molar-refractivity contribution in [3.8, 4) is 5.88 Å². The first kappa shape index (κ1) is 12.4. The number of hydrazine groups is 1. The lowest BCUT2D eigenvalue weighted by molar-refractivity contribution is 0.386. The molecule has 0 radical (unpaired) electrons. The van der Waals surface area contributed by atoms with E-state index in [1.54, 1.807) is 24.4 Å². The van der Waals surface area contributed by atoms with E-state index in [4.69, 9.17) is 10.6 Å². The Labute approximate surface area is 104 Å². The quantitative estimate of drug-likeness (QED) is 0.628. The van der Waals surface area contributed by atoms with Crippen molar-refractivity contribution >= 4 is 0 Å². The maximum absolute atomic E-state index is 13.7. The molecular formula is C12H13FN4O. The second-order valence-corrected chi connectivity index (χ2v) is 3.60. The van der Waals surface area contributed by atoms with E-state index in [2.05, 4.69) is 15.4 Å². The van der Waals surface area contributed by atoms with Crippen LogP contribution in [-0.4, -0.2) is 17.1 Å². The lowest BCUT2D eigenvalue weighted by atomic mass is 10.0. The van der Waals surface area contributed by atoms with Crippen LogP contribution in [0, 0.1) is 5.82 Å². The summed E-state index contributed by atoms with van der Waals surface area (Å²) in [4.78, 5) is 7.77. The summed E-state index contributed by atoms with van der Waals surface area (Å²) in [6.45, 7) is 0. The minimum absolute atomic E-state index is 0.388. The van der Waals surface area contributed by atoms with E-state index in [0.29, 0.717) is 17.0 Å². The molecule has 0 fully saturated rings. The summed E-state index contributed by atoms with van der Waals surface area (Å²) < 4.78 is 18.9. The van der Waals surface area contributed by atoms with Gasteiger partial charge in [0.15, 0.2) is 0 Å². The highest BCUT2D eigenvalue weighted by Gasteiger charge is 2.20. The van der Waals surface area contributed by atoms with Gasteiger partial charge in [-0.15, -0.1) is 0 Å². The number of methoxy groups -OCH3 is 1. The van der Waals surface area contributed by atoms with Crippen LogP contribution in [0.3, 0.4) is 0 Å². The van der Waals surface area contributed by atoms with Crippen LogP contribution < -0.4 is 16.0 Å². The maximum Gasteiger partial charge on any atom is 0.218 e. The van der Waals surface area contributed by atoms with E-state index in [1.165, 1.54) is 13.3 Å². The van der Waals surface area contributed by atoms with Crippen molar-refractivity contribution in [3.05, 3.63) is 53.7 Å². The van der Waals surface area contributed by atoms with Crippen LogP contribution in [0.25, 0.3) is 0 Å². The minimum atomic E-state index is -0.545. The fourth-order valence-electron chi connectivity index (χ4n) is 1.76. The fourth-order valence-corrected chi connectivity index (χ4v) is 1.76. The molecule has 5 nitrogen and oxygen atoms in total. The summed E-state index contributed by atoms with van der Waals surface area (Å²) in [5.41, 5.74) is 3.61. The van der Waals surface area contributed by atoms with Crippen molar-refractivity contribution in [3.63, 3.8) is 0 Å². The predicted molar refractivity (Wildman–Crippen MR) is 64.2 cm³/mol. The molecule has 0 bridgehead atoms. The summed E-state index contributed by atoms with van der Waals surface area (Å²) >= 11 is 0. The molecule has 0 saturated heterocycles. The van der Waals surface area contributed by atoms with Crippen molar-refractivity contribution in [2.24, 2.45) is 5.84 Å². The number of halogens is 1. The van der Waals surface area contributed by atoms with E-state index in [-0.39, 0.29) is 0 Å². The third-order valence-electron chi connectivity index (χ3n) is 2.59. The van der Waals surface area contributed by atoms with Gasteiger partial charge in [-0.05, 0) is 12.1 Å². The Kier molecular flexibility index (Phi) is 3.81. The van der Waals surface area contributed by atoms with Gasteiger partial charge in [-0.25, -0.2) is 14.8 Å². The van der Waals surface area contributed by atoms with Crippen molar-refractivity contribution in [2.45, 2.75) is 6.04 Å². The summed E-state index contributed by atoms with van der Waals surface area (Å²) in [7, 11) is 1.50. The van der Waals surface area contributed by atoms with E-state index in [9.17, 15) is 4.39 Å². The summed E-state index contributed by atoms with van der Waals surface area (Å²) in [5, 5.41) is 0. The normalized spacial score (nSPS) is 12.2. The van der Waals surface area contributed by atoms with E-state index >= 15 is 0 Å². The standard InChI is InChI=1S/C12H13FN4O/c1-18-12-9(3-2-5-16-12)11(17-14)8-4-6-15-7-10(8)13/h2-7,11,17H,14H2,1H3. The second kappa shape index (κ2) is 5.52. The molecule has 94 valence electrons. The zero-order valence-corrected chi connectivity index (χ0v) is 9.80. The maximum atomic E-state index is 13.7. The fraction of sp³-hybridized carbons (Fsp3) is 0.167. The van der Waals surface area contributed by atoms with Gasteiger partial charge in [-0.3, -0.25) is 10.8 Å². The Hall–Kier alpha value is -2.05. The topological polar surface area (TPSA) is 73.1 Å². The molecule has 2 heterocycles. The molecule has 0 aliphatic heterocycles. The molecule has 6 heteroatoms. The van der Waals surface area contributed by atoms with Gasteiger partial charge < -0.3 is 4.74 Å². The number of hydrogen-bond acceptors (Lipinski definition) is 5. The second-order valence-electron chi connectivity index (χ2n) is 3.60. The Morgan fingerprint density at radius 1 is 1.33 bits per heavy atom. The SMILES string of the molecule is COc1ncccc1C(NN)c1ccncc1F. The minimum Gasteiger partial charge on any atom is -0.481 e. The first-order valence-electron chi connectivity index (χ1n) is 5.32. The summed E-state index contributed by atoms with van der Waals surface area (Å²) in [5.74, 6) is 5.47. The molecule has 0 aromatic carbocycles. The lowest BCUT2D eigenvalue weighted by Crippen LogP contribution is -2.30. The van der Waals surface area contributed by atoms with E-state index in [0.717, 1.165) is 6.20 Å². The molecule has 0 amide bonds. The van der Waals surface area contributed by atoms with Crippen LogP contribution in [0.4, 0.5) is 4.39 Å². The van der Waals surface area contributed by atoms with Gasteiger partial charge >= 0.3 is 0 Å². The monoisotopic (exact) mass is 248 g/mol. The molecule has 2 aromatic heterocycles. The lowest BCUT2D eigenvalue weighted by Gasteiger charge is -2.18. The number of nitrogens with two attached hydrogens (primary N) is 1. The molecule has 0 aliphatic carbocycles. The summed E-state index contributed by atoms with van der Waals surface area (Å²) in [6, 6.07) is 4.53.